The number of anilines is 1. The van der Waals surface area contributed by atoms with Crippen molar-refractivity contribution in [2.75, 3.05) is 31.6 Å². The topological polar surface area (TPSA) is 62.0 Å². The molecule has 5 rings (SSSR count). The number of ether oxygens (including phenoxy) is 1. The van der Waals surface area contributed by atoms with Crippen LogP contribution in [-0.4, -0.2) is 48.0 Å². The van der Waals surface area contributed by atoms with Gasteiger partial charge in [0.15, 0.2) is 0 Å². The van der Waals surface area contributed by atoms with Gasteiger partial charge in [-0.3, -0.25) is 4.90 Å². The number of hydrogen-bond acceptors (Lipinski definition) is 6. The van der Waals surface area contributed by atoms with Crippen molar-refractivity contribution in [1.29, 1.82) is 0 Å². The molecule has 0 amide bonds. The molecule has 1 heterocycles. The minimum atomic E-state index is -0.607. The SMILES string of the molecule is CN(Cc1ccccc1)c1onc(-c2ccccc2)c1CN(CC(O)COc1ccccc1)CC1CC1. The van der Waals surface area contributed by atoms with Gasteiger partial charge in [-0.1, -0.05) is 84.0 Å². The van der Waals surface area contributed by atoms with E-state index in [4.69, 9.17) is 9.26 Å². The Hall–Kier alpha value is -3.61. The summed E-state index contributed by atoms with van der Waals surface area (Å²) in [5, 5.41) is 15.4. The molecule has 4 aromatic rings. The number of aliphatic hydroxyl groups excluding tert-OH is 1. The first-order chi connectivity index (χ1) is 18.2. The van der Waals surface area contributed by atoms with Crippen molar-refractivity contribution in [2.24, 2.45) is 5.92 Å². The Morgan fingerprint density at radius 3 is 2.24 bits per heavy atom. The van der Waals surface area contributed by atoms with Gasteiger partial charge in [0.25, 0.3) is 0 Å². The van der Waals surface area contributed by atoms with E-state index in [-0.39, 0.29) is 6.61 Å². The molecule has 6 nitrogen and oxygen atoms in total. The van der Waals surface area contributed by atoms with Crippen LogP contribution in [0.5, 0.6) is 5.75 Å². The van der Waals surface area contributed by atoms with Crippen LogP contribution in [0, 0.1) is 5.92 Å². The zero-order valence-electron chi connectivity index (χ0n) is 21.4. The Bertz CT molecular complexity index is 1230. The van der Waals surface area contributed by atoms with Crippen molar-refractivity contribution in [3.8, 4) is 17.0 Å². The molecule has 1 fully saturated rings. The predicted octanol–water partition coefficient (Wildman–Crippen LogP) is 5.63. The minimum Gasteiger partial charge on any atom is -0.491 e. The van der Waals surface area contributed by atoms with Gasteiger partial charge in [-0.2, -0.15) is 0 Å². The molecular weight excluding hydrogens is 462 g/mol. The molecular formula is C31H35N3O3. The van der Waals surface area contributed by atoms with Crippen LogP contribution in [0.1, 0.15) is 24.0 Å². The average Bonchev–Trinajstić information content (AvgIpc) is 3.65. The largest absolute Gasteiger partial charge is 0.491 e. The van der Waals surface area contributed by atoms with E-state index in [0.29, 0.717) is 25.6 Å². The first-order valence-electron chi connectivity index (χ1n) is 13.0. The summed E-state index contributed by atoms with van der Waals surface area (Å²) in [6.07, 6.45) is 1.87. The molecule has 192 valence electrons. The predicted molar refractivity (Wildman–Crippen MR) is 146 cm³/mol. The highest BCUT2D eigenvalue weighted by molar-refractivity contribution is 5.68. The van der Waals surface area contributed by atoms with Gasteiger partial charge in [0.05, 0.1) is 5.56 Å². The molecule has 0 aliphatic heterocycles. The Labute approximate surface area is 219 Å². The van der Waals surface area contributed by atoms with Gasteiger partial charge in [0.2, 0.25) is 5.88 Å². The fraction of sp³-hybridized carbons (Fsp3) is 0.323. The average molecular weight is 498 g/mol. The second-order valence-corrected chi connectivity index (χ2v) is 9.94. The van der Waals surface area contributed by atoms with E-state index in [0.717, 1.165) is 35.0 Å². The van der Waals surface area contributed by atoms with Crippen molar-refractivity contribution in [1.82, 2.24) is 10.1 Å². The zero-order valence-corrected chi connectivity index (χ0v) is 21.4. The van der Waals surface area contributed by atoms with Gasteiger partial charge in [0.1, 0.15) is 24.2 Å². The maximum Gasteiger partial charge on any atom is 0.232 e. The fourth-order valence-corrected chi connectivity index (χ4v) is 4.65. The molecule has 1 aliphatic rings. The highest BCUT2D eigenvalue weighted by Crippen LogP contribution is 2.35. The molecule has 0 radical (unpaired) electrons. The van der Waals surface area contributed by atoms with E-state index >= 15 is 0 Å². The number of nitrogens with zero attached hydrogens (tertiary/aromatic N) is 3. The van der Waals surface area contributed by atoms with E-state index in [2.05, 4.69) is 51.4 Å². The summed E-state index contributed by atoms with van der Waals surface area (Å²) in [6, 6.07) is 30.2. The second-order valence-electron chi connectivity index (χ2n) is 9.94. The Balaban J connectivity index is 1.36. The van der Waals surface area contributed by atoms with Crippen LogP contribution >= 0.6 is 0 Å². The molecule has 3 aromatic carbocycles. The van der Waals surface area contributed by atoms with Gasteiger partial charge >= 0.3 is 0 Å². The summed E-state index contributed by atoms with van der Waals surface area (Å²) >= 11 is 0. The van der Waals surface area contributed by atoms with Crippen molar-refractivity contribution < 1.29 is 14.4 Å². The van der Waals surface area contributed by atoms with Crippen LogP contribution in [0.15, 0.2) is 95.5 Å². The first-order valence-corrected chi connectivity index (χ1v) is 13.0. The lowest BCUT2D eigenvalue weighted by molar-refractivity contribution is 0.0639. The molecule has 1 atom stereocenters. The lowest BCUT2D eigenvalue weighted by atomic mass is 10.1. The number of hydrogen-bond donors (Lipinski definition) is 1. The first kappa shape index (κ1) is 25.1. The zero-order chi connectivity index (χ0) is 25.5. The van der Waals surface area contributed by atoms with Crippen LogP contribution in [0.25, 0.3) is 11.3 Å². The minimum absolute atomic E-state index is 0.251. The second kappa shape index (κ2) is 12.1. The Kier molecular flexibility index (Phi) is 8.18. The Morgan fingerprint density at radius 1 is 0.919 bits per heavy atom. The summed E-state index contributed by atoms with van der Waals surface area (Å²) in [4.78, 5) is 4.45. The Morgan fingerprint density at radius 2 is 1.57 bits per heavy atom. The van der Waals surface area contributed by atoms with Crippen molar-refractivity contribution in [3.63, 3.8) is 0 Å². The molecule has 0 saturated heterocycles. The summed E-state index contributed by atoms with van der Waals surface area (Å²) in [5.74, 6) is 2.21. The van der Waals surface area contributed by atoms with E-state index in [1.807, 2.05) is 61.6 Å². The molecule has 0 spiro atoms. The third-order valence-electron chi connectivity index (χ3n) is 6.67. The number of aromatic nitrogens is 1. The molecule has 1 N–H and O–H groups in total. The number of benzene rings is 3. The van der Waals surface area contributed by atoms with E-state index in [1.54, 1.807) is 0 Å². The fourth-order valence-electron chi connectivity index (χ4n) is 4.65. The van der Waals surface area contributed by atoms with Gasteiger partial charge < -0.3 is 19.3 Å². The maximum absolute atomic E-state index is 10.9. The van der Waals surface area contributed by atoms with Gasteiger partial charge in [-0.05, 0) is 36.5 Å². The standard InChI is InChI=1S/C31H35N3O3/c1-33(19-24-11-5-2-6-12-24)31-29(30(32-37-31)26-13-7-3-8-14-26)22-34(20-25-17-18-25)21-27(35)23-36-28-15-9-4-10-16-28/h2-16,25,27,35H,17-23H2,1H3. The monoisotopic (exact) mass is 497 g/mol. The lowest BCUT2D eigenvalue weighted by Gasteiger charge is -2.26. The normalized spacial score (nSPS) is 14.0. The summed E-state index contributed by atoms with van der Waals surface area (Å²) < 4.78 is 11.8. The summed E-state index contributed by atoms with van der Waals surface area (Å²) in [5.41, 5.74) is 4.13. The highest BCUT2D eigenvalue weighted by Gasteiger charge is 2.29. The number of para-hydroxylation sites is 1. The maximum atomic E-state index is 10.9. The quantitative estimate of drug-likeness (QED) is 0.258. The van der Waals surface area contributed by atoms with Gasteiger partial charge in [-0.25, -0.2) is 0 Å². The third kappa shape index (κ3) is 7.00. The van der Waals surface area contributed by atoms with Gasteiger partial charge in [-0.15, -0.1) is 0 Å². The molecule has 1 aromatic heterocycles. The van der Waals surface area contributed by atoms with Crippen LogP contribution in [0.2, 0.25) is 0 Å². The smallest absolute Gasteiger partial charge is 0.232 e. The van der Waals surface area contributed by atoms with Crippen molar-refractivity contribution >= 4 is 5.88 Å². The van der Waals surface area contributed by atoms with E-state index in [1.165, 1.54) is 18.4 Å². The third-order valence-corrected chi connectivity index (χ3v) is 6.67. The summed E-state index contributed by atoms with van der Waals surface area (Å²) in [6.45, 7) is 3.06. The molecule has 6 heteroatoms. The lowest BCUT2D eigenvalue weighted by Crippen LogP contribution is -2.37. The molecule has 1 saturated carbocycles. The van der Waals surface area contributed by atoms with Crippen LogP contribution in [-0.2, 0) is 13.1 Å². The highest BCUT2D eigenvalue weighted by atomic mass is 16.5. The van der Waals surface area contributed by atoms with Crippen LogP contribution < -0.4 is 9.64 Å². The van der Waals surface area contributed by atoms with E-state index < -0.39 is 6.10 Å². The molecule has 1 unspecified atom stereocenters. The number of aliphatic hydroxyl groups is 1. The molecule has 1 aliphatic carbocycles. The van der Waals surface area contributed by atoms with Crippen molar-refractivity contribution in [3.05, 3.63) is 102 Å². The van der Waals surface area contributed by atoms with Crippen molar-refractivity contribution in [2.45, 2.75) is 32.0 Å². The van der Waals surface area contributed by atoms with E-state index in [9.17, 15) is 5.11 Å². The number of rotatable bonds is 13. The van der Waals surface area contributed by atoms with Gasteiger partial charge in [0, 0.05) is 38.8 Å². The van der Waals surface area contributed by atoms with Crippen LogP contribution in [0.3, 0.4) is 0 Å². The molecule has 37 heavy (non-hydrogen) atoms. The van der Waals surface area contributed by atoms with Crippen LogP contribution in [0.4, 0.5) is 5.88 Å². The summed E-state index contributed by atoms with van der Waals surface area (Å²) in [7, 11) is 2.04. The molecule has 0 bridgehead atoms.